The summed E-state index contributed by atoms with van der Waals surface area (Å²) in [6, 6.07) is 12.9. The predicted octanol–water partition coefficient (Wildman–Crippen LogP) is 3.63. The maximum absolute atomic E-state index is 13.7. The summed E-state index contributed by atoms with van der Waals surface area (Å²) in [4.78, 5) is 21.6. The number of hydrogen-bond acceptors (Lipinski definition) is 5. The highest BCUT2D eigenvalue weighted by molar-refractivity contribution is 5.87. The lowest BCUT2D eigenvalue weighted by molar-refractivity contribution is 0.129. The second-order valence-electron chi connectivity index (χ2n) is 9.34. The van der Waals surface area contributed by atoms with Gasteiger partial charge in [0.1, 0.15) is 23.1 Å². The Morgan fingerprint density at radius 3 is 2.03 bits per heavy atom. The average Bonchev–Trinajstić information content (AvgIpc) is 3.22. The second kappa shape index (κ2) is 8.88. The van der Waals surface area contributed by atoms with Gasteiger partial charge in [-0.2, -0.15) is 10.1 Å². The van der Waals surface area contributed by atoms with Crippen molar-refractivity contribution in [3.8, 4) is 0 Å². The number of anilines is 1. The molecule has 1 aliphatic heterocycles. The first-order chi connectivity index (χ1) is 16.7. The van der Waals surface area contributed by atoms with Crippen molar-refractivity contribution in [3.63, 3.8) is 0 Å². The van der Waals surface area contributed by atoms with E-state index in [1.54, 1.807) is 42.2 Å². The third kappa shape index (κ3) is 4.10. The molecule has 9 heteroatoms. The van der Waals surface area contributed by atoms with E-state index in [2.05, 4.69) is 33.7 Å². The first kappa shape index (κ1) is 23.2. The van der Waals surface area contributed by atoms with E-state index in [1.165, 1.54) is 28.8 Å². The van der Waals surface area contributed by atoms with Crippen molar-refractivity contribution in [2.75, 3.05) is 18.0 Å². The number of aryl methyl sites for hydroxylation is 2. The van der Waals surface area contributed by atoms with E-state index in [4.69, 9.17) is 0 Å². The van der Waals surface area contributed by atoms with Gasteiger partial charge in [-0.1, -0.05) is 24.3 Å². The lowest BCUT2D eigenvalue weighted by Gasteiger charge is -2.48. The molecule has 35 heavy (non-hydrogen) atoms. The molecule has 2 atom stereocenters. The minimum Gasteiger partial charge on any atom is -0.350 e. The molecule has 0 aliphatic carbocycles. The zero-order valence-corrected chi connectivity index (χ0v) is 20.2. The smallest absolute Gasteiger partial charge is 0.350 e. The zero-order chi connectivity index (χ0) is 24.9. The van der Waals surface area contributed by atoms with Crippen LogP contribution in [0.25, 0.3) is 11.0 Å². The number of benzene rings is 2. The largest absolute Gasteiger partial charge is 0.350 e. The molecule has 0 radical (unpaired) electrons. The summed E-state index contributed by atoms with van der Waals surface area (Å²) in [6.45, 7) is 5.52. The van der Waals surface area contributed by atoms with Crippen molar-refractivity contribution in [3.05, 3.63) is 88.0 Å². The van der Waals surface area contributed by atoms with Crippen LogP contribution in [0.4, 0.5) is 14.6 Å². The van der Waals surface area contributed by atoms with Crippen molar-refractivity contribution >= 4 is 16.9 Å². The summed E-state index contributed by atoms with van der Waals surface area (Å²) in [5.41, 5.74) is 2.27. The minimum absolute atomic E-state index is 0.0256. The Morgan fingerprint density at radius 1 is 0.886 bits per heavy atom. The second-order valence-corrected chi connectivity index (χ2v) is 9.34. The Hall–Kier alpha value is -3.59. The molecule has 0 amide bonds. The van der Waals surface area contributed by atoms with Gasteiger partial charge in [-0.05, 0) is 49.2 Å². The number of rotatable bonds is 4. The van der Waals surface area contributed by atoms with E-state index in [-0.39, 0.29) is 35.4 Å². The van der Waals surface area contributed by atoms with Gasteiger partial charge in [-0.3, -0.25) is 14.1 Å². The average molecular weight is 479 g/mol. The number of hydrogen-bond donors (Lipinski definition) is 0. The highest BCUT2D eigenvalue weighted by Crippen LogP contribution is 2.35. The van der Waals surface area contributed by atoms with Gasteiger partial charge in [0.2, 0.25) is 0 Å². The Morgan fingerprint density at radius 2 is 1.46 bits per heavy atom. The van der Waals surface area contributed by atoms with Crippen LogP contribution in [0.5, 0.6) is 0 Å². The fraction of sp³-hybridized carbons (Fsp3) is 0.346. The molecule has 1 fully saturated rings. The maximum Gasteiger partial charge on any atom is 0.350 e. The fourth-order valence-electron chi connectivity index (χ4n) is 5.20. The van der Waals surface area contributed by atoms with Crippen LogP contribution in [0.1, 0.15) is 31.0 Å². The summed E-state index contributed by atoms with van der Waals surface area (Å²) < 4.78 is 30.6. The molecule has 7 nitrogen and oxygen atoms in total. The van der Waals surface area contributed by atoms with Crippen molar-refractivity contribution in [1.29, 1.82) is 0 Å². The molecule has 2 aromatic carbocycles. The molecule has 3 heterocycles. The third-order valence-electron chi connectivity index (χ3n) is 6.96. The van der Waals surface area contributed by atoms with E-state index < -0.39 is 0 Å². The number of halogens is 2. The lowest BCUT2D eigenvalue weighted by atomic mass is 9.93. The molecule has 0 saturated carbocycles. The predicted molar refractivity (Wildman–Crippen MR) is 131 cm³/mol. The van der Waals surface area contributed by atoms with Gasteiger partial charge in [-0.25, -0.2) is 13.6 Å². The summed E-state index contributed by atoms with van der Waals surface area (Å²) in [6.07, 6.45) is 1.75. The first-order valence-corrected chi connectivity index (χ1v) is 11.7. The molecule has 182 valence electrons. The molecule has 4 aromatic rings. The summed E-state index contributed by atoms with van der Waals surface area (Å²) >= 11 is 0. The molecule has 0 spiro atoms. The Labute approximate surface area is 202 Å². The summed E-state index contributed by atoms with van der Waals surface area (Å²) in [5.74, 6) is 0.0421. The number of fused-ring (bicyclic) bond motifs is 1. The van der Waals surface area contributed by atoms with E-state index >= 15 is 0 Å². The van der Waals surface area contributed by atoms with E-state index in [0.29, 0.717) is 18.9 Å². The molecule has 1 saturated heterocycles. The minimum atomic E-state index is -0.325. The van der Waals surface area contributed by atoms with Gasteiger partial charge in [0.05, 0.1) is 17.6 Å². The van der Waals surface area contributed by atoms with Crippen LogP contribution < -0.4 is 10.6 Å². The van der Waals surface area contributed by atoms with Gasteiger partial charge in [0.15, 0.2) is 0 Å². The molecular weight excluding hydrogens is 450 g/mol. The van der Waals surface area contributed by atoms with Gasteiger partial charge < -0.3 is 4.90 Å². The molecule has 5 rings (SSSR count). The molecule has 0 unspecified atom stereocenters. The molecule has 1 aliphatic rings. The maximum atomic E-state index is 13.7. The van der Waals surface area contributed by atoms with Crippen molar-refractivity contribution in [2.45, 2.75) is 32.0 Å². The van der Waals surface area contributed by atoms with Crippen LogP contribution >= 0.6 is 0 Å². The summed E-state index contributed by atoms with van der Waals surface area (Å²) in [7, 11) is 3.51. The van der Waals surface area contributed by atoms with Gasteiger partial charge in [-0.15, -0.1) is 0 Å². The van der Waals surface area contributed by atoms with E-state index in [1.807, 2.05) is 7.05 Å². The standard InChI is InChI=1S/C26H28F2N6O/c1-16-15-34(24-22-13-29-32(4)25(22)31(3)26(35)30-24)17(2)14-33(16)23(18-5-9-20(27)10-6-18)19-7-11-21(28)12-8-19/h5-13,16-17,23H,14-15H2,1-4H3/t16-,17+/m1/s1. The normalized spacial score (nSPS) is 19.1. The zero-order valence-electron chi connectivity index (χ0n) is 20.2. The molecule has 0 bridgehead atoms. The van der Waals surface area contributed by atoms with Crippen LogP contribution in [0.2, 0.25) is 0 Å². The van der Waals surface area contributed by atoms with Crippen molar-refractivity contribution in [2.24, 2.45) is 14.1 Å². The van der Waals surface area contributed by atoms with Gasteiger partial charge in [0, 0.05) is 39.3 Å². The Kier molecular flexibility index (Phi) is 5.88. The lowest BCUT2D eigenvalue weighted by Crippen LogP contribution is -2.58. The van der Waals surface area contributed by atoms with Crippen molar-refractivity contribution < 1.29 is 8.78 Å². The molecule has 0 N–H and O–H groups in total. The third-order valence-corrected chi connectivity index (χ3v) is 6.96. The van der Waals surface area contributed by atoms with Crippen LogP contribution in [-0.4, -0.2) is 49.4 Å². The van der Waals surface area contributed by atoms with Gasteiger partial charge in [0.25, 0.3) is 0 Å². The van der Waals surface area contributed by atoms with Crippen LogP contribution in [0.3, 0.4) is 0 Å². The van der Waals surface area contributed by atoms with Crippen LogP contribution in [0, 0.1) is 11.6 Å². The van der Waals surface area contributed by atoms with Crippen LogP contribution in [0.15, 0.2) is 59.5 Å². The quantitative estimate of drug-likeness (QED) is 0.448. The SMILES string of the molecule is C[C@@H]1CN(c2nc(=O)n(C)c3c2cnn3C)[C@@H](C)CN1C(c1ccc(F)cc1)c1ccc(F)cc1. The number of piperazine rings is 1. The monoisotopic (exact) mass is 478 g/mol. The fourth-order valence-corrected chi connectivity index (χ4v) is 5.20. The Balaban J connectivity index is 1.53. The number of nitrogens with zero attached hydrogens (tertiary/aromatic N) is 6. The van der Waals surface area contributed by atoms with E-state index in [0.717, 1.165) is 22.2 Å². The van der Waals surface area contributed by atoms with E-state index in [9.17, 15) is 13.6 Å². The first-order valence-electron chi connectivity index (χ1n) is 11.7. The summed E-state index contributed by atoms with van der Waals surface area (Å²) in [5, 5.41) is 5.18. The highest BCUT2D eigenvalue weighted by atomic mass is 19.1. The molecular formula is C26H28F2N6O. The topological polar surface area (TPSA) is 59.2 Å². The molecule has 2 aromatic heterocycles. The van der Waals surface area contributed by atoms with Crippen LogP contribution in [-0.2, 0) is 14.1 Å². The highest BCUT2D eigenvalue weighted by Gasteiger charge is 2.36. The number of aromatic nitrogens is 4. The van der Waals surface area contributed by atoms with Crippen molar-refractivity contribution in [1.82, 2.24) is 24.2 Å². The van der Waals surface area contributed by atoms with Gasteiger partial charge >= 0.3 is 5.69 Å². The Bertz CT molecular complexity index is 1370.